The average Bonchev–Trinajstić information content (AvgIpc) is 2.76. The van der Waals surface area contributed by atoms with Crippen molar-refractivity contribution >= 4 is 0 Å². The number of phenols is 1. The van der Waals surface area contributed by atoms with Crippen molar-refractivity contribution in [1.29, 1.82) is 5.53 Å². The predicted molar refractivity (Wildman–Crippen MR) is 113 cm³/mol. The molecule has 2 N–H and O–H groups in total. The molecule has 29 heavy (non-hydrogen) atoms. The fourth-order valence-electron chi connectivity index (χ4n) is 3.16. The Kier molecular flexibility index (Phi) is 5.12. The van der Waals surface area contributed by atoms with Crippen LogP contribution in [-0.2, 0) is 0 Å². The standard InChI is InChI=1S/C24H20N4O/c1-16-7-9-18(10-8-16)22-15-21(17-5-3-2-4-6-17)26-24(27-22)23(28-25)19-11-13-20(29)14-12-19/h2-15,23,25,29H,1H3. The third-order valence-corrected chi connectivity index (χ3v) is 4.74. The first-order chi connectivity index (χ1) is 14.1. The van der Waals surface area contributed by atoms with Crippen LogP contribution < -0.4 is 0 Å². The lowest BCUT2D eigenvalue weighted by molar-refractivity contribution is 0.475. The van der Waals surface area contributed by atoms with Gasteiger partial charge in [-0.05, 0) is 30.7 Å². The molecule has 5 heteroatoms. The van der Waals surface area contributed by atoms with E-state index in [1.54, 1.807) is 24.3 Å². The van der Waals surface area contributed by atoms with Crippen LogP contribution in [0.1, 0.15) is 23.0 Å². The molecular weight excluding hydrogens is 360 g/mol. The van der Waals surface area contributed by atoms with Gasteiger partial charge in [0, 0.05) is 11.1 Å². The zero-order valence-corrected chi connectivity index (χ0v) is 15.9. The first kappa shape index (κ1) is 18.5. The second-order valence-corrected chi connectivity index (χ2v) is 6.85. The highest BCUT2D eigenvalue weighted by atomic mass is 16.3. The molecule has 3 aromatic carbocycles. The molecule has 4 rings (SSSR count). The van der Waals surface area contributed by atoms with E-state index in [0.29, 0.717) is 5.82 Å². The van der Waals surface area contributed by atoms with Crippen molar-refractivity contribution < 1.29 is 5.11 Å². The Morgan fingerprint density at radius 2 is 1.38 bits per heavy atom. The smallest absolute Gasteiger partial charge is 0.160 e. The Hall–Kier alpha value is -3.86. The first-order valence-corrected chi connectivity index (χ1v) is 9.31. The third kappa shape index (κ3) is 4.04. The van der Waals surface area contributed by atoms with Crippen molar-refractivity contribution in [3.63, 3.8) is 0 Å². The molecule has 0 amide bonds. The highest BCUT2D eigenvalue weighted by Gasteiger charge is 2.19. The minimum atomic E-state index is -0.650. The molecule has 1 heterocycles. The van der Waals surface area contributed by atoms with E-state index in [4.69, 9.17) is 15.5 Å². The number of phenolic OH excluding ortho intramolecular Hbond substituents is 1. The van der Waals surface area contributed by atoms with E-state index < -0.39 is 6.04 Å². The van der Waals surface area contributed by atoms with Gasteiger partial charge in [0.1, 0.15) is 5.75 Å². The number of hydrogen-bond donors (Lipinski definition) is 2. The van der Waals surface area contributed by atoms with E-state index in [1.165, 1.54) is 5.56 Å². The van der Waals surface area contributed by atoms with Gasteiger partial charge in [-0.25, -0.2) is 15.5 Å². The zero-order valence-electron chi connectivity index (χ0n) is 15.9. The summed E-state index contributed by atoms with van der Waals surface area (Å²) in [6, 6.07) is 26.0. The minimum Gasteiger partial charge on any atom is -0.508 e. The van der Waals surface area contributed by atoms with Crippen molar-refractivity contribution in [2.24, 2.45) is 5.11 Å². The Bertz CT molecular complexity index is 1120. The highest BCUT2D eigenvalue weighted by Crippen LogP contribution is 2.30. The maximum absolute atomic E-state index is 9.58. The van der Waals surface area contributed by atoms with Gasteiger partial charge in [0.25, 0.3) is 0 Å². The predicted octanol–water partition coefficient (Wildman–Crippen LogP) is 5.94. The Morgan fingerprint density at radius 3 is 1.97 bits per heavy atom. The summed E-state index contributed by atoms with van der Waals surface area (Å²) in [5.41, 5.74) is 13.2. The van der Waals surface area contributed by atoms with E-state index in [2.05, 4.69) is 5.11 Å². The van der Waals surface area contributed by atoms with Crippen LogP contribution >= 0.6 is 0 Å². The lowest BCUT2D eigenvalue weighted by Crippen LogP contribution is -2.06. The van der Waals surface area contributed by atoms with Crippen LogP contribution in [0.3, 0.4) is 0 Å². The number of rotatable bonds is 5. The maximum atomic E-state index is 9.58. The first-order valence-electron chi connectivity index (χ1n) is 9.31. The van der Waals surface area contributed by atoms with Crippen molar-refractivity contribution in [3.8, 4) is 28.3 Å². The molecule has 0 saturated carbocycles. The Morgan fingerprint density at radius 1 is 0.793 bits per heavy atom. The van der Waals surface area contributed by atoms with Gasteiger partial charge < -0.3 is 5.11 Å². The van der Waals surface area contributed by atoms with Crippen LogP contribution in [0.5, 0.6) is 5.75 Å². The number of benzene rings is 3. The molecule has 0 aliphatic carbocycles. The molecule has 0 bridgehead atoms. The number of aromatic nitrogens is 2. The SMILES string of the molecule is Cc1ccc(-c2cc(-c3ccccc3)nc(C(N=N)c3ccc(O)cc3)n2)cc1. The van der Waals surface area contributed by atoms with Crippen LogP contribution in [0, 0.1) is 12.5 Å². The van der Waals surface area contributed by atoms with Gasteiger partial charge in [0.15, 0.2) is 11.9 Å². The van der Waals surface area contributed by atoms with Crippen LogP contribution in [0.4, 0.5) is 0 Å². The number of nitrogens with zero attached hydrogens (tertiary/aromatic N) is 3. The number of hydrogen-bond acceptors (Lipinski definition) is 5. The summed E-state index contributed by atoms with van der Waals surface area (Å²) in [6.07, 6.45) is 0. The molecule has 0 saturated heterocycles. The van der Waals surface area contributed by atoms with E-state index in [-0.39, 0.29) is 5.75 Å². The highest BCUT2D eigenvalue weighted by molar-refractivity contribution is 5.68. The molecule has 5 nitrogen and oxygen atoms in total. The van der Waals surface area contributed by atoms with Gasteiger partial charge in [0.05, 0.1) is 11.4 Å². The molecule has 0 fully saturated rings. The van der Waals surface area contributed by atoms with E-state index in [1.807, 2.05) is 67.6 Å². The van der Waals surface area contributed by atoms with Crippen molar-refractivity contribution in [3.05, 3.63) is 102 Å². The summed E-state index contributed by atoms with van der Waals surface area (Å²) in [7, 11) is 0. The quantitative estimate of drug-likeness (QED) is 0.420. The molecule has 4 aromatic rings. The molecule has 0 aliphatic rings. The molecule has 1 unspecified atom stereocenters. The summed E-state index contributed by atoms with van der Waals surface area (Å²) in [6.45, 7) is 2.05. The Labute approximate surface area is 169 Å². The maximum Gasteiger partial charge on any atom is 0.160 e. The van der Waals surface area contributed by atoms with Gasteiger partial charge in [-0.15, -0.1) is 0 Å². The van der Waals surface area contributed by atoms with Crippen molar-refractivity contribution in [2.45, 2.75) is 13.0 Å². The largest absolute Gasteiger partial charge is 0.508 e. The zero-order chi connectivity index (χ0) is 20.2. The molecule has 0 radical (unpaired) electrons. The fraction of sp³-hybridized carbons (Fsp3) is 0.0833. The van der Waals surface area contributed by atoms with Gasteiger partial charge in [-0.1, -0.05) is 72.3 Å². The second-order valence-electron chi connectivity index (χ2n) is 6.85. The molecule has 1 atom stereocenters. The number of aromatic hydroxyl groups is 1. The van der Waals surface area contributed by atoms with Crippen LogP contribution in [0.2, 0.25) is 0 Å². The minimum absolute atomic E-state index is 0.164. The summed E-state index contributed by atoms with van der Waals surface area (Å²) >= 11 is 0. The summed E-state index contributed by atoms with van der Waals surface area (Å²) in [4.78, 5) is 9.47. The molecule has 0 aliphatic heterocycles. The van der Waals surface area contributed by atoms with E-state index in [9.17, 15) is 5.11 Å². The number of aryl methyl sites for hydroxylation is 1. The van der Waals surface area contributed by atoms with Crippen LogP contribution in [0.15, 0.2) is 90.0 Å². The monoisotopic (exact) mass is 380 g/mol. The van der Waals surface area contributed by atoms with Gasteiger partial charge in [-0.3, -0.25) is 0 Å². The topological polar surface area (TPSA) is 82.2 Å². The lowest BCUT2D eigenvalue weighted by atomic mass is 10.0. The van der Waals surface area contributed by atoms with Crippen molar-refractivity contribution in [2.75, 3.05) is 0 Å². The van der Waals surface area contributed by atoms with E-state index in [0.717, 1.165) is 28.1 Å². The average molecular weight is 380 g/mol. The van der Waals surface area contributed by atoms with Gasteiger partial charge in [0.2, 0.25) is 0 Å². The summed E-state index contributed by atoms with van der Waals surface area (Å²) in [5, 5.41) is 13.4. The number of nitrogens with one attached hydrogen (secondary N) is 1. The molecule has 1 aromatic heterocycles. The van der Waals surface area contributed by atoms with Gasteiger partial charge >= 0.3 is 0 Å². The molecule has 142 valence electrons. The normalized spacial score (nSPS) is 11.8. The van der Waals surface area contributed by atoms with Gasteiger partial charge in [-0.2, -0.15) is 5.11 Å². The van der Waals surface area contributed by atoms with E-state index >= 15 is 0 Å². The van der Waals surface area contributed by atoms with Crippen LogP contribution in [-0.4, -0.2) is 15.1 Å². The molecule has 0 spiro atoms. The van der Waals surface area contributed by atoms with Crippen LogP contribution in [0.25, 0.3) is 22.5 Å². The lowest BCUT2D eigenvalue weighted by Gasteiger charge is -2.14. The summed E-state index contributed by atoms with van der Waals surface area (Å²) < 4.78 is 0. The third-order valence-electron chi connectivity index (χ3n) is 4.74. The second kappa shape index (κ2) is 8.02. The summed E-state index contributed by atoms with van der Waals surface area (Å²) in [5.74, 6) is 0.611. The Balaban J connectivity index is 1.88. The van der Waals surface area contributed by atoms with Crippen molar-refractivity contribution in [1.82, 2.24) is 9.97 Å². The molecular formula is C24H20N4O. The fourth-order valence-corrected chi connectivity index (χ4v) is 3.16.